The summed E-state index contributed by atoms with van der Waals surface area (Å²) >= 11 is 19.2. The van der Waals surface area contributed by atoms with Gasteiger partial charge in [-0.3, -0.25) is 19.8 Å². The minimum absolute atomic E-state index is 0.208. The molecule has 3 heterocycles. The summed E-state index contributed by atoms with van der Waals surface area (Å²) in [7, 11) is 0. The number of halogens is 3. The number of benzene rings is 3. The van der Waals surface area contributed by atoms with E-state index in [0.29, 0.717) is 34.1 Å². The minimum atomic E-state index is -1.39. The SMILES string of the molecule is O=C1Nc2ccccc2[C@]12[C@H]([N+](=O)[O-])[C@@H](c1cc(Cl)c(OCc3ccc(Cl)cc3)c(Cl)c1)[C@H]1CCCN12. The van der Waals surface area contributed by atoms with Crippen molar-refractivity contribution < 1.29 is 14.5 Å². The van der Waals surface area contributed by atoms with Crippen molar-refractivity contribution in [2.75, 3.05) is 11.9 Å². The lowest BCUT2D eigenvalue weighted by atomic mass is 9.77. The maximum absolute atomic E-state index is 13.6. The molecular weight excluding hydrogens is 537 g/mol. The zero-order chi connectivity index (χ0) is 25.9. The molecule has 0 aromatic heterocycles. The highest BCUT2D eigenvalue weighted by Gasteiger charge is 2.73. The van der Waals surface area contributed by atoms with Gasteiger partial charge in [-0.2, -0.15) is 0 Å². The second kappa shape index (κ2) is 9.17. The summed E-state index contributed by atoms with van der Waals surface area (Å²) in [6.45, 7) is 0.824. The second-order valence-corrected chi connectivity index (χ2v) is 10.9. The fourth-order valence-corrected chi connectivity index (χ4v) is 7.16. The third-order valence-corrected chi connectivity index (χ3v) is 8.61. The van der Waals surface area contributed by atoms with E-state index in [1.165, 1.54) is 0 Å². The summed E-state index contributed by atoms with van der Waals surface area (Å²) in [4.78, 5) is 28.1. The van der Waals surface area contributed by atoms with Gasteiger partial charge in [0.15, 0.2) is 11.3 Å². The number of hydrogen-bond donors (Lipinski definition) is 1. The summed E-state index contributed by atoms with van der Waals surface area (Å²) in [5, 5.41) is 16.8. The van der Waals surface area contributed by atoms with Crippen molar-refractivity contribution >= 4 is 46.4 Å². The highest BCUT2D eigenvalue weighted by molar-refractivity contribution is 6.37. The standard InChI is InChI=1S/C27H22Cl3N3O4/c28-17-9-7-15(8-10-17)14-37-24-19(29)12-16(13-20(24)30)23-22-6-3-11-32(22)27(25(23)33(35)36)18-4-1-2-5-21(18)31-26(27)34/h1-2,4-5,7-10,12-13,22-23,25H,3,6,11,14H2,(H,31,34)/t22-,23+,25-,27+/m1/s1. The maximum Gasteiger partial charge on any atom is 0.256 e. The van der Waals surface area contributed by atoms with Crippen LogP contribution in [0, 0.1) is 10.1 Å². The predicted molar refractivity (Wildman–Crippen MR) is 142 cm³/mol. The first-order valence-corrected chi connectivity index (χ1v) is 13.1. The van der Waals surface area contributed by atoms with Gasteiger partial charge < -0.3 is 10.1 Å². The van der Waals surface area contributed by atoms with E-state index in [9.17, 15) is 14.9 Å². The molecule has 0 bridgehead atoms. The molecule has 3 aromatic rings. The van der Waals surface area contributed by atoms with E-state index >= 15 is 0 Å². The molecule has 1 amide bonds. The van der Waals surface area contributed by atoms with Gasteiger partial charge in [0.05, 0.1) is 16.0 Å². The quantitative estimate of drug-likeness (QED) is 0.294. The van der Waals surface area contributed by atoms with Gasteiger partial charge in [0.25, 0.3) is 11.9 Å². The number of nitro groups is 1. The minimum Gasteiger partial charge on any atom is -0.486 e. The van der Waals surface area contributed by atoms with Gasteiger partial charge in [-0.25, -0.2) is 0 Å². The molecule has 37 heavy (non-hydrogen) atoms. The number of amides is 1. The van der Waals surface area contributed by atoms with Gasteiger partial charge in [-0.15, -0.1) is 0 Å². The number of para-hydroxylation sites is 1. The third-order valence-electron chi connectivity index (χ3n) is 7.80. The van der Waals surface area contributed by atoms with Crippen molar-refractivity contribution in [3.8, 4) is 5.75 Å². The maximum atomic E-state index is 13.6. The van der Waals surface area contributed by atoms with E-state index in [0.717, 1.165) is 18.4 Å². The van der Waals surface area contributed by atoms with Gasteiger partial charge in [0, 0.05) is 33.8 Å². The molecule has 4 atom stereocenters. The first-order chi connectivity index (χ1) is 17.8. The van der Waals surface area contributed by atoms with Crippen LogP contribution >= 0.6 is 34.8 Å². The van der Waals surface area contributed by atoms with Crippen LogP contribution in [-0.4, -0.2) is 34.4 Å². The van der Waals surface area contributed by atoms with Gasteiger partial charge in [0.1, 0.15) is 6.61 Å². The molecule has 2 fully saturated rings. The molecule has 3 aliphatic rings. The molecule has 0 radical (unpaired) electrons. The van der Waals surface area contributed by atoms with Crippen LogP contribution in [0.4, 0.5) is 5.69 Å². The summed E-state index contributed by atoms with van der Waals surface area (Å²) in [6.07, 6.45) is 1.57. The van der Waals surface area contributed by atoms with Gasteiger partial charge >= 0.3 is 0 Å². The predicted octanol–water partition coefficient (Wildman–Crippen LogP) is 6.28. The van der Waals surface area contributed by atoms with Crippen molar-refractivity contribution in [2.45, 2.75) is 43.0 Å². The Balaban J connectivity index is 1.40. The fraction of sp³-hybridized carbons (Fsp3) is 0.296. The van der Waals surface area contributed by atoms with E-state index in [1.54, 1.807) is 30.3 Å². The summed E-state index contributed by atoms with van der Waals surface area (Å²) in [5.41, 5.74) is 1.39. The molecule has 0 unspecified atom stereocenters. The van der Waals surface area contributed by atoms with Crippen LogP contribution in [0.25, 0.3) is 0 Å². The van der Waals surface area contributed by atoms with E-state index in [-0.39, 0.29) is 33.5 Å². The Morgan fingerprint density at radius 2 is 1.78 bits per heavy atom. The number of carbonyl (C=O) groups is 1. The first kappa shape index (κ1) is 24.5. The second-order valence-electron chi connectivity index (χ2n) is 9.65. The average molecular weight is 559 g/mol. The molecular formula is C27H22Cl3N3O4. The number of ether oxygens (including phenoxy) is 1. The molecule has 10 heteroatoms. The average Bonchev–Trinajstić information content (AvgIpc) is 3.53. The number of hydrogen-bond acceptors (Lipinski definition) is 5. The normalized spacial score (nSPS) is 26.2. The molecule has 0 aliphatic carbocycles. The fourth-order valence-electron chi connectivity index (χ4n) is 6.42. The van der Waals surface area contributed by atoms with E-state index in [4.69, 9.17) is 39.5 Å². The molecule has 3 aromatic carbocycles. The van der Waals surface area contributed by atoms with Crippen LogP contribution in [-0.2, 0) is 16.9 Å². The van der Waals surface area contributed by atoms with Gasteiger partial charge in [-0.05, 0) is 54.3 Å². The summed E-state index contributed by atoms with van der Waals surface area (Å²) < 4.78 is 5.91. The van der Waals surface area contributed by atoms with E-state index in [1.807, 2.05) is 35.2 Å². The van der Waals surface area contributed by atoms with Gasteiger partial charge in [-0.1, -0.05) is 65.1 Å². The zero-order valence-electron chi connectivity index (χ0n) is 19.5. The molecule has 3 aliphatic heterocycles. The lowest BCUT2D eigenvalue weighted by Gasteiger charge is -2.32. The summed E-state index contributed by atoms with van der Waals surface area (Å²) in [6, 6.07) is 16.4. The monoisotopic (exact) mass is 557 g/mol. The van der Waals surface area contributed by atoms with Crippen LogP contribution < -0.4 is 10.1 Å². The van der Waals surface area contributed by atoms with Crippen molar-refractivity contribution in [2.24, 2.45) is 0 Å². The molecule has 1 N–H and O–H groups in total. The van der Waals surface area contributed by atoms with Crippen molar-refractivity contribution in [3.63, 3.8) is 0 Å². The van der Waals surface area contributed by atoms with Crippen molar-refractivity contribution in [1.82, 2.24) is 4.90 Å². The number of anilines is 1. The largest absolute Gasteiger partial charge is 0.486 e. The number of nitrogens with zero attached hydrogens (tertiary/aromatic N) is 2. The molecule has 7 nitrogen and oxygen atoms in total. The highest BCUT2D eigenvalue weighted by Crippen LogP contribution is 2.58. The number of nitrogens with one attached hydrogen (secondary N) is 1. The van der Waals surface area contributed by atoms with Crippen LogP contribution in [0.5, 0.6) is 5.75 Å². The molecule has 1 spiro atoms. The smallest absolute Gasteiger partial charge is 0.256 e. The molecule has 2 saturated heterocycles. The Labute approximate surface area is 228 Å². The Bertz CT molecular complexity index is 1390. The zero-order valence-corrected chi connectivity index (χ0v) is 21.8. The first-order valence-electron chi connectivity index (χ1n) is 12.0. The molecule has 0 saturated carbocycles. The number of rotatable bonds is 5. The number of fused-ring (bicyclic) bond motifs is 4. The van der Waals surface area contributed by atoms with Crippen LogP contribution in [0.1, 0.15) is 35.4 Å². The van der Waals surface area contributed by atoms with E-state index in [2.05, 4.69) is 5.32 Å². The van der Waals surface area contributed by atoms with Crippen molar-refractivity contribution in [1.29, 1.82) is 0 Å². The topological polar surface area (TPSA) is 84.7 Å². The van der Waals surface area contributed by atoms with Gasteiger partial charge in [0.2, 0.25) is 0 Å². The third kappa shape index (κ3) is 3.71. The lowest BCUT2D eigenvalue weighted by molar-refractivity contribution is -0.534. The van der Waals surface area contributed by atoms with Crippen molar-refractivity contribution in [3.05, 3.63) is 103 Å². The number of carbonyl (C=O) groups excluding carboxylic acids is 1. The highest BCUT2D eigenvalue weighted by atomic mass is 35.5. The Kier molecular flexibility index (Phi) is 6.07. The van der Waals surface area contributed by atoms with E-state index < -0.39 is 17.5 Å². The Morgan fingerprint density at radius 1 is 1.08 bits per heavy atom. The Morgan fingerprint density at radius 3 is 2.49 bits per heavy atom. The van der Waals surface area contributed by atoms with Crippen LogP contribution in [0.2, 0.25) is 15.1 Å². The molecule has 190 valence electrons. The van der Waals surface area contributed by atoms with Crippen LogP contribution in [0.3, 0.4) is 0 Å². The Hall–Kier alpha value is -2.84. The summed E-state index contributed by atoms with van der Waals surface area (Å²) in [5.74, 6) is -0.640. The van der Waals surface area contributed by atoms with Crippen LogP contribution in [0.15, 0.2) is 60.7 Å². The molecule has 6 rings (SSSR count). The lowest BCUT2D eigenvalue weighted by Crippen LogP contribution is -2.55.